The molecule has 7 nitrogen and oxygen atoms in total. The van der Waals surface area contributed by atoms with Crippen molar-refractivity contribution in [2.45, 2.75) is 52.0 Å². The number of anilines is 1. The van der Waals surface area contributed by atoms with E-state index in [4.69, 9.17) is 0 Å². The Morgan fingerprint density at radius 2 is 2.19 bits per heavy atom. The number of urea groups is 1. The van der Waals surface area contributed by atoms with Gasteiger partial charge in [0.1, 0.15) is 16.6 Å². The Morgan fingerprint density at radius 1 is 1.46 bits per heavy atom. The van der Waals surface area contributed by atoms with Crippen LogP contribution in [0.2, 0.25) is 0 Å². The van der Waals surface area contributed by atoms with Crippen molar-refractivity contribution in [2.75, 3.05) is 11.9 Å². The number of nitrogens with zero attached hydrogens (tertiary/aromatic N) is 2. The molecule has 1 saturated heterocycles. The van der Waals surface area contributed by atoms with Gasteiger partial charge in [0.2, 0.25) is 5.91 Å². The van der Waals surface area contributed by atoms with Gasteiger partial charge in [0, 0.05) is 17.8 Å². The Labute approximate surface area is 156 Å². The van der Waals surface area contributed by atoms with Crippen molar-refractivity contribution < 1.29 is 14.4 Å². The molecule has 1 aromatic heterocycles. The molecule has 2 aliphatic rings. The van der Waals surface area contributed by atoms with E-state index in [1.165, 1.54) is 16.2 Å². The minimum atomic E-state index is -0.939. The normalized spacial score (nSPS) is 21.2. The van der Waals surface area contributed by atoms with Crippen LogP contribution in [0.1, 0.15) is 49.6 Å². The fourth-order valence-electron chi connectivity index (χ4n) is 3.38. The number of hydrogen-bond donors (Lipinski definition) is 2. The van der Waals surface area contributed by atoms with Crippen molar-refractivity contribution in [2.24, 2.45) is 5.92 Å². The molecule has 8 heteroatoms. The highest BCUT2D eigenvalue weighted by Gasteiger charge is 2.44. The van der Waals surface area contributed by atoms with Crippen LogP contribution in [0.25, 0.3) is 0 Å². The van der Waals surface area contributed by atoms with Crippen molar-refractivity contribution >= 4 is 34.2 Å². The lowest BCUT2D eigenvalue weighted by Gasteiger charge is -2.17. The Morgan fingerprint density at radius 3 is 2.81 bits per heavy atom. The third kappa shape index (κ3) is 3.31. The number of thiophene rings is 1. The van der Waals surface area contributed by atoms with Crippen molar-refractivity contribution in [1.29, 1.82) is 5.26 Å². The first-order valence-electron chi connectivity index (χ1n) is 8.71. The maximum absolute atomic E-state index is 12.3. The molecule has 4 amide bonds. The summed E-state index contributed by atoms with van der Waals surface area (Å²) >= 11 is 1.46. The van der Waals surface area contributed by atoms with Gasteiger partial charge in [-0.15, -0.1) is 11.3 Å². The molecule has 2 heterocycles. The minimum absolute atomic E-state index is 0.000915. The summed E-state index contributed by atoms with van der Waals surface area (Å²) in [5.41, 5.74) is 0.675. The summed E-state index contributed by atoms with van der Waals surface area (Å²) < 4.78 is 0. The molecule has 0 saturated carbocycles. The van der Waals surface area contributed by atoms with Gasteiger partial charge in [0.15, 0.2) is 0 Å². The molecular formula is C18H22N4O3S. The molecule has 138 valence electrons. The fourth-order valence-corrected chi connectivity index (χ4v) is 4.76. The number of amides is 4. The standard InChI is InChI=1S/C18H22N4O3S/c1-10-4-5-11-12(9-19)15(26-13(11)8-10)20-14(23)6-7-22-16(24)18(2,3)21-17(22)25/h10H,4-8H2,1-3H3,(H,20,23)(H,21,25)/t10-/m1/s1. The van der Waals surface area contributed by atoms with Crippen LogP contribution in [0.3, 0.4) is 0 Å². The summed E-state index contributed by atoms with van der Waals surface area (Å²) in [6.45, 7) is 5.46. The van der Waals surface area contributed by atoms with Crippen LogP contribution in [-0.4, -0.2) is 34.8 Å². The monoisotopic (exact) mass is 374 g/mol. The molecule has 1 aliphatic carbocycles. The summed E-state index contributed by atoms with van der Waals surface area (Å²) in [7, 11) is 0. The molecule has 0 unspecified atom stereocenters. The van der Waals surface area contributed by atoms with Crippen molar-refractivity contribution in [1.82, 2.24) is 10.2 Å². The average Bonchev–Trinajstić information content (AvgIpc) is 2.98. The predicted octanol–water partition coefficient (Wildman–Crippen LogP) is 2.40. The van der Waals surface area contributed by atoms with E-state index in [9.17, 15) is 19.6 Å². The van der Waals surface area contributed by atoms with Crippen LogP contribution >= 0.6 is 11.3 Å². The summed E-state index contributed by atoms with van der Waals surface area (Å²) in [5, 5.41) is 15.4. The molecule has 26 heavy (non-hydrogen) atoms. The van der Waals surface area contributed by atoms with Crippen LogP contribution in [0, 0.1) is 17.2 Å². The summed E-state index contributed by atoms with van der Waals surface area (Å²) in [4.78, 5) is 38.5. The van der Waals surface area contributed by atoms with E-state index in [-0.39, 0.29) is 24.8 Å². The second-order valence-corrected chi connectivity index (χ2v) is 8.58. The molecule has 1 aromatic rings. The maximum Gasteiger partial charge on any atom is 0.325 e. The van der Waals surface area contributed by atoms with Crippen LogP contribution in [-0.2, 0) is 22.4 Å². The van der Waals surface area contributed by atoms with Crippen molar-refractivity contribution in [3.63, 3.8) is 0 Å². The molecule has 0 spiro atoms. The number of hydrogen-bond acceptors (Lipinski definition) is 5. The highest BCUT2D eigenvalue weighted by molar-refractivity contribution is 7.16. The van der Waals surface area contributed by atoms with Crippen LogP contribution < -0.4 is 10.6 Å². The quantitative estimate of drug-likeness (QED) is 0.790. The zero-order valence-corrected chi connectivity index (χ0v) is 16.0. The third-order valence-corrected chi connectivity index (χ3v) is 6.05. The predicted molar refractivity (Wildman–Crippen MR) is 97.8 cm³/mol. The number of carbonyl (C=O) groups excluding carboxylic acids is 3. The Hall–Kier alpha value is -2.40. The maximum atomic E-state index is 12.3. The lowest BCUT2D eigenvalue weighted by atomic mass is 9.89. The molecule has 1 atom stereocenters. The second-order valence-electron chi connectivity index (χ2n) is 7.48. The number of nitriles is 1. The van der Waals surface area contributed by atoms with E-state index < -0.39 is 11.6 Å². The second kappa shape index (κ2) is 6.72. The van der Waals surface area contributed by atoms with E-state index in [1.54, 1.807) is 13.8 Å². The average molecular weight is 374 g/mol. The first kappa shape index (κ1) is 18.4. The van der Waals surface area contributed by atoms with E-state index in [0.717, 1.165) is 29.7 Å². The van der Waals surface area contributed by atoms with Gasteiger partial charge in [0.25, 0.3) is 5.91 Å². The van der Waals surface area contributed by atoms with Gasteiger partial charge in [-0.05, 0) is 44.6 Å². The Bertz CT molecular complexity index is 821. The molecule has 3 rings (SSSR count). The Balaban J connectivity index is 1.65. The number of imide groups is 1. The van der Waals surface area contributed by atoms with E-state index in [2.05, 4.69) is 23.6 Å². The zero-order chi connectivity index (χ0) is 19.1. The molecule has 0 radical (unpaired) electrons. The smallest absolute Gasteiger partial charge is 0.324 e. The highest BCUT2D eigenvalue weighted by Crippen LogP contribution is 2.39. The van der Waals surface area contributed by atoms with E-state index >= 15 is 0 Å². The number of nitrogens with one attached hydrogen (secondary N) is 2. The molecular weight excluding hydrogens is 352 g/mol. The van der Waals surface area contributed by atoms with Gasteiger partial charge in [-0.25, -0.2) is 4.79 Å². The molecule has 0 aromatic carbocycles. The van der Waals surface area contributed by atoms with Gasteiger partial charge in [0.05, 0.1) is 5.56 Å². The third-order valence-electron chi connectivity index (χ3n) is 4.88. The molecule has 2 N–H and O–H groups in total. The fraction of sp³-hybridized carbons (Fsp3) is 0.556. The SMILES string of the molecule is C[C@@H]1CCc2c(sc(NC(=O)CCN3C(=O)NC(C)(C)C3=O)c2C#N)C1. The lowest BCUT2D eigenvalue weighted by molar-refractivity contribution is -0.130. The van der Waals surface area contributed by atoms with E-state index in [1.807, 2.05) is 0 Å². The number of rotatable bonds is 4. The molecule has 0 bridgehead atoms. The van der Waals surface area contributed by atoms with Crippen molar-refractivity contribution in [3.05, 3.63) is 16.0 Å². The number of carbonyl (C=O) groups is 3. The zero-order valence-electron chi connectivity index (χ0n) is 15.1. The van der Waals surface area contributed by atoms with Crippen LogP contribution in [0.5, 0.6) is 0 Å². The topological polar surface area (TPSA) is 102 Å². The van der Waals surface area contributed by atoms with Crippen LogP contribution in [0.4, 0.5) is 9.80 Å². The van der Waals surface area contributed by atoms with Gasteiger partial charge >= 0.3 is 6.03 Å². The summed E-state index contributed by atoms with van der Waals surface area (Å²) in [6, 6.07) is 1.73. The first-order chi connectivity index (χ1) is 12.2. The molecule has 1 aliphatic heterocycles. The highest BCUT2D eigenvalue weighted by atomic mass is 32.1. The van der Waals surface area contributed by atoms with Gasteiger partial charge in [-0.1, -0.05) is 6.92 Å². The first-order valence-corrected chi connectivity index (χ1v) is 9.53. The van der Waals surface area contributed by atoms with Crippen LogP contribution in [0.15, 0.2) is 0 Å². The van der Waals surface area contributed by atoms with Gasteiger partial charge < -0.3 is 10.6 Å². The van der Waals surface area contributed by atoms with Crippen molar-refractivity contribution in [3.8, 4) is 6.07 Å². The summed E-state index contributed by atoms with van der Waals surface area (Å²) in [5.74, 6) is -0.0636. The number of fused-ring (bicyclic) bond motifs is 1. The van der Waals surface area contributed by atoms with Gasteiger partial charge in [-0.2, -0.15) is 5.26 Å². The minimum Gasteiger partial charge on any atom is -0.324 e. The lowest BCUT2D eigenvalue weighted by Crippen LogP contribution is -2.40. The van der Waals surface area contributed by atoms with E-state index in [0.29, 0.717) is 16.5 Å². The van der Waals surface area contributed by atoms with Gasteiger partial charge in [-0.3, -0.25) is 14.5 Å². The molecule has 1 fully saturated rings. The Kier molecular flexibility index (Phi) is 4.76. The summed E-state index contributed by atoms with van der Waals surface area (Å²) in [6.07, 6.45) is 2.85. The largest absolute Gasteiger partial charge is 0.325 e.